The number of Topliss-reactive ketones (excluding diaryl/α,β-unsaturated/α-hetero) is 1. The predicted octanol–water partition coefficient (Wildman–Crippen LogP) is 1.79. The Morgan fingerprint density at radius 2 is 2.12 bits per heavy atom. The van der Waals surface area contributed by atoms with Crippen molar-refractivity contribution < 1.29 is 9.59 Å². The number of aryl methyl sites for hydroxylation is 1. The normalized spacial score (nSPS) is 26.5. The van der Waals surface area contributed by atoms with Crippen LogP contribution in [0.2, 0.25) is 0 Å². The average molecular weight is 229 g/mol. The number of primary amides is 1. The third kappa shape index (κ3) is 1.42. The van der Waals surface area contributed by atoms with E-state index in [1.54, 1.807) is 0 Å². The van der Waals surface area contributed by atoms with Crippen LogP contribution in [0.5, 0.6) is 0 Å². The summed E-state index contributed by atoms with van der Waals surface area (Å²) in [4.78, 5) is 23.7. The molecular formula is C14H15NO2. The zero-order chi connectivity index (χ0) is 12.0. The van der Waals surface area contributed by atoms with E-state index in [0.29, 0.717) is 0 Å². The first-order valence-electron chi connectivity index (χ1n) is 6.15. The second-order valence-corrected chi connectivity index (χ2v) is 4.97. The molecule has 1 amide bonds. The van der Waals surface area contributed by atoms with Gasteiger partial charge in [-0.05, 0) is 30.4 Å². The smallest absolute Gasteiger partial charge is 0.229 e. The largest absolute Gasteiger partial charge is 0.369 e. The molecule has 1 aromatic carbocycles. The molecule has 2 aliphatic rings. The number of benzene rings is 1. The number of amides is 1. The Morgan fingerprint density at radius 1 is 1.29 bits per heavy atom. The van der Waals surface area contributed by atoms with Gasteiger partial charge in [0.2, 0.25) is 5.91 Å². The van der Waals surface area contributed by atoms with E-state index >= 15 is 0 Å². The molecule has 0 bridgehead atoms. The van der Waals surface area contributed by atoms with Crippen molar-refractivity contribution in [3.05, 3.63) is 34.9 Å². The molecule has 0 unspecified atom stereocenters. The fraction of sp³-hybridized carbons (Fsp3) is 0.429. The van der Waals surface area contributed by atoms with Crippen LogP contribution in [0.4, 0.5) is 0 Å². The minimum Gasteiger partial charge on any atom is -0.369 e. The van der Waals surface area contributed by atoms with Crippen LogP contribution in [0.3, 0.4) is 0 Å². The molecule has 17 heavy (non-hydrogen) atoms. The lowest BCUT2D eigenvalue weighted by Crippen LogP contribution is -2.30. The summed E-state index contributed by atoms with van der Waals surface area (Å²) in [5.41, 5.74) is 8.48. The predicted molar refractivity (Wildman–Crippen MR) is 63.8 cm³/mol. The first-order valence-corrected chi connectivity index (χ1v) is 6.15. The van der Waals surface area contributed by atoms with Gasteiger partial charge in [-0.25, -0.2) is 0 Å². The topological polar surface area (TPSA) is 60.2 Å². The molecule has 2 atom stereocenters. The molecule has 0 aliphatic heterocycles. The second kappa shape index (κ2) is 3.69. The Labute approximate surface area is 100 Å². The highest BCUT2D eigenvalue weighted by Gasteiger charge is 2.44. The first kappa shape index (κ1) is 10.5. The maximum atomic E-state index is 12.2. The van der Waals surface area contributed by atoms with Crippen molar-refractivity contribution in [1.29, 1.82) is 0 Å². The molecule has 88 valence electrons. The third-order valence-corrected chi connectivity index (χ3v) is 4.04. The molecule has 0 saturated carbocycles. The van der Waals surface area contributed by atoms with Gasteiger partial charge in [0.25, 0.3) is 0 Å². The number of rotatable bonds is 1. The molecule has 3 rings (SSSR count). The Bertz CT molecular complexity index is 507. The van der Waals surface area contributed by atoms with Crippen LogP contribution in [-0.4, -0.2) is 11.7 Å². The van der Waals surface area contributed by atoms with Gasteiger partial charge >= 0.3 is 0 Å². The van der Waals surface area contributed by atoms with Crippen molar-refractivity contribution in [2.24, 2.45) is 11.7 Å². The molecule has 2 aliphatic carbocycles. The van der Waals surface area contributed by atoms with E-state index in [4.69, 9.17) is 5.73 Å². The zero-order valence-electron chi connectivity index (χ0n) is 9.61. The highest BCUT2D eigenvalue weighted by atomic mass is 16.2. The Balaban J connectivity index is 2.20. The minimum atomic E-state index is -0.621. The summed E-state index contributed by atoms with van der Waals surface area (Å²) < 4.78 is 0. The van der Waals surface area contributed by atoms with Gasteiger partial charge in [0.1, 0.15) is 5.92 Å². The van der Waals surface area contributed by atoms with E-state index in [2.05, 4.69) is 6.07 Å². The quantitative estimate of drug-likeness (QED) is 0.746. The minimum absolute atomic E-state index is 0.0358. The highest BCUT2D eigenvalue weighted by Crippen LogP contribution is 2.44. The molecule has 2 N–H and O–H groups in total. The fourth-order valence-electron chi connectivity index (χ4n) is 3.32. The van der Waals surface area contributed by atoms with Crippen LogP contribution in [0.1, 0.15) is 46.7 Å². The van der Waals surface area contributed by atoms with Gasteiger partial charge in [-0.3, -0.25) is 9.59 Å². The van der Waals surface area contributed by atoms with Crippen molar-refractivity contribution in [3.8, 4) is 0 Å². The summed E-state index contributed by atoms with van der Waals surface area (Å²) in [7, 11) is 0. The Morgan fingerprint density at radius 3 is 2.88 bits per heavy atom. The lowest BCUT2D eigenvalue weighted by molar-refractivity contribution is -0.120. The van der Waals surface area contributed by atoms with Crippen LogP contribution >= 0.6 is 0 Å². The summed E-state index contributed by atoms with van der Waals surface area (Å²) in [5, 5.41) is 0. The summed E-state index contributed by atoms with van der Waals surface area (Å²) in [5.74, 6) is -1.12. The zero-order valence-corrected chi connectivity index (χ0v) is 9.61. The summed E-state index contributed by atoms with van der Waals surface area (Å²) in [6.07, 6.45) is 4.12. The summed E-state index contributed by atoms with van der Waals surface area (Å²) >= 11 is 0. The molecule has 0 saturated heterocycles. The third-order valence-electron chi connectivity index (χ3n) is 4.04. The van der Waals surface area contributed by atoms with Gasteiger partial charge in [-0.1, -0.05) is 24.6 Å². The second-order valence-electron chi connectivity index (χ2n) is 4.97. The molecule has 0 aromatic heterocycles. The van der Waals surface area contributed by atoms with Crippen LogP contribution < -0.4 is 5.73 Å². The highest BCUT2D eigenvalue weighted by molar-refractivity contribution is 6.14. The number of hydrogen-bond acceptors (Lipinski definition) is 2. The Hall–Kier alpha value is -1.64. The molecule has 0 spiro atoms. The van der Waals surface area contributed by atoms with E-state index in [9.17, 15) is 9.59 Å². The van der Waals surface area contributed by atoms with Crippen LogP contribution in [-0.2, 0) is 11.2 Å². The summed E-state index contributed by atoms with van der Waals surface area (Å²) in [6.45, 7) is 0. The number of nitrogens with two attached hydrogens (primary N) is 1. The molecule has 0 fully saturated rings. The molecule has 0 radical (unpaired) electrons. The summed E-state index contributed by atoms with van der Waals surface area (Å²) in [6, 6.07) is 5.83. The molecule has 3 nitrogen and oxygen atoms in total. The van der Waals surface area contributed by atoms with E-state index < -0.39 is 11.8 Å². The van der Waals surface area contributed by atoms with Crippen molar-refractivity contribution >= 4 is 11.7 Å². The number of carbonyl (C=O) groups is 2. The van der Waals surface area contributed by atoms with Gasteiger partial charge in [-0.2, -0.15) is 0 Å². The molecule has 1 aromatic rings. The molecular weight excluding hydrogens is 214 g/mol. The average Bonchev–Trinajstić information content (AvgIpc) is 2.47. The van der Waals surface area contributed by atoms with Crippen molar-refractivity contribution in [1.82, 2.24) is 0 Å². The Kier molecular flexibility index (Phi) is 2.28. The fourth-order valence-corrected chi connectivity index (χ4v) is 3.32. The lowest BCUT2D eigenvalue weighted by atomic mass is 9.87. The van der Waals surface area contributed by atoms with Crippen molar-refractivity contribution in [3.63, 3.8) is 0 Å². The van der Waals surface area contributed by atoms with Crippen LogP contribution in [0.15, 0.2) is 18.2 Å². The van der Waals surface area contributed by atoms with Gasteiger partial charge in [0.05, 0.1) is 0 Å². The molecule has 3 heteroatoms. The van der Waals surface area contributed by atoms with Gasteiger partial charge in [0, 0.05) is 11.5 Å². The lowest BCUT2D eigenvalue weighted by Gasteiger charge is -2.15. The maximum Gasteiger partial charge on any atom is 0.229 e. The van der Waals surface area contributed by atoms with E-state index in [0.717, 1.165) is 36.8 Å². The van der Waals surface area contributed by atoms with Gasteiger partial charge in [0.15, 0.2) is 5.78 Å². The SMILES string of the molecule is NC(=O)[C@@H]1C(=O)c2cccc3c2[C@H]1CCCC3. The van der Waals surface area contributed by atoms with Crippen LogP contribution in [0, 0.1) is 5.92 Å². The standard InChI is InChI=1S/C14H15NO2/c15-14(17)12-9-6-2-1-4-8-5-3-7-10(11(8)9)13(12)16/h3,5,7,9,12H,1-2,4,6H2,(H2,15,17)/t9-,12+/m1/s1. The number of ketones is 1. The van der Waals surface area contributed by atoms with Gasteiger partial charge in [-0.15, -0.1) is 0 Å². The van der Waals surface area contributed by atoms with Crippen LogP contribution in [0.25, 0.3) is 0 Å². The maximum absolute atomic E-state index is 12.2. The number of hydrogen-bond donors (Lipinski definition) is 1. The van der Waals surface area contributed by atoms with Crippen molar-refractivity contribution in [2.75, 3.05) is 0 Å². The van der Waals surface area contributed by atoms with Gasteiger partial charge < -0.3 is 5.73 Å². The first-order chi connectivity index (χ1) is 8.20. The number of carbonyl (C=O) groups excluding carboxylic acids is 2. The van der Waals surface area contributed by atoms with E-state index in [1.165, 1.54) is 5.56 Å². The van der Waals surface area contributed by atoms with E-state index in [1.807, 2.05) is 12.1 Å². The monoisotopic (exact) mass is 229 g/mol. The molecule has 0 heterocycles. The van der Waals surface area contributed by atoms with E-state index in [-0.39, 0.29) is 11.7 Å². The van der Waals surface area contributed by atoms with Crippen molar-refractivity contribution in [2.45, 2.75) is 31.6 Å².